The van der Waals surface area contributed by atoms with Crippen LogP contribution in [0, 0.1) is 17.9 Å². The second-order valence-corrected chi connectivity index (χ2v) is 27.1. The Morgan fingerprint density at radius 3 is 1.96 bits per heavy atom. The van der Waals surface area contributed by atoms with Crippen molar-refractivity contribution in [3.05, 3.63) is 90.1 Å². The fourth-order valence-corrected chi connectivity index (χ4v) is 17.6. The van der Waals surface area contributed by atoms with Crippen LogP contribution in [0.15, 0.2) is 48.5 Å². The fourth-order valence-electron chi connectivity index (χ4n) is 6.19. The standard InChI is InChI=1S/C42H52N2S3SeSi/c1-8-9-10-11-12-13-14-15-16-17-18-30-19-21-31(22-20-30)36-28-35(44-5)37(47-36)24-33-25-38-39(45-33)26-34(46-38)27-40-32(29-43)23-41(48-40)49(6,7)42(2,3)4/h19-23,25-26,28H,8-18,24,27H2,1-4,6-7H3. The molecule has 5 rings (SSSR count). The molecule has 0 unspecified atom stereocenters. The fraction of sp³-hybridized carbons (Fsp3) is 0.476. The van der Waals surface area contributed by atoms with E-state index < -0.39 is 8.07 Å². The Morgan fingerprint density at radius 1 is 0.796 bits per heavy atom. The van der Waals surface area contributed by atoms with Crippen molar-refractivity contribution >= 4 is 75.7 Å². The molecule has 4 aromatic heterocycles. The number of hydrogen-bond acceptors (Lipinski definition) is 4. The summed E-state index contributed by atoms with van der Waals surface area (Å²) in [5, 5.41) is 10.2. The summed E-state index contributed by atoms with van der Waals surface area (Å²) in [6.07, 6.45) is 16.6. The quantitative estimate of drug-likeness (QED) is 0.0524. The molecule has 0 saturated carbocycles. The average molecular weight is 788 g/mol. The van der Waals surface area contributed by atoms with Crippen molar-refractivity contribution in [2.75, 3.05) is 0 Å². The van der Waals surface area contributed by atoms with Gasteiger partial charge in [-0.05, 0) is 18.4 Å². The van der Waals surface area contributed by atoms with Crippen LogP contribution in [0.4, 0.5) is 5.69 Å². The Labute approximate surface area is 314 Å². The van der Waals surface area contributed by atoms with E-state index in [0.717, 1.165) is 35.4 Å². The molecule has 1 aromatic carbocycles. The van der Waals surface area contributed by atoms with Crippen LogP contribution in [-0.4, -0.2) is 22.6 Å². The van der Waals surface area contributed by atoms with E-state index in [1.54, 1.807) is 15.4 Å². The van der Waals surface area contributed by atoms with Gasteiger partial charge in [-0.2, -0.15) is 0 Å². The summed E-state index contributed by atoms with van der Waals surface area (Å²) >= 11 is 5.79. The van der Waals surface area contributed by atoms with E-state index in [4.69, 9.17) is 6.57 Å². The molecule has 2 nitrogen and oxygen atoms in total. The molecule has 0 N–H and O–H groups in total. The zero-order valence-corrected chi connectivity index (χ0v) is 35.5. The first-order valence-electron chi connectivity index (χ1n) is 18.2. The van der Waals surface area contributed by atoms with Crippen LogP contribution in [0.3, 0.4) is 0 Å². The molecule has 49 heavy (non-hydrogen) atoms. The molecule has 0 spiro atoms. The molecule has 0 aliphatic carbocycles. The van der Waals surface area contributed by atoms with Crippen molar-refractivity contribution in [1.29, 1.82) is 5.26 Å². The van der Waals surface area contributed by atoms with Crippen LogP contribution < -0.4 is 4.06 Å². The van der Waals surface area contributed by atoms with Crippen molar-refractivity contribution in [1.82, 2.24) is 0 Å². The molecule has 0 fully saturated rings. The number of fused-ring (bicyclic) bond motifs is 1. The predicted octanol–water partition coefficient (Wildman–Crippen LogP) is 13.5. The molecule has 7 heteroatoms. The molecule has 0 bridgehead atoms. The Balaban J connectivity index is 1.16. The van der Waals surface area contributed by atoms with Crippen molar-refractivity contribution in [2.24, 2.45) is 0 Å². The number of rotatable bonds is 17. The molecular weight excluding hydrogens is 736 g/mol. The first-order chi connectivity index (χ1) is 23.5. The first kappa shape index (κ1) is 38.0. The third kappa shape index (κ3) is 9.77. The zero-order valence-electron chi connectivity index (χ0n) is 30.3. The topological polar surface area (TPSA) is 28.1 Å². The van der Waals surface area contributed by atoms with Gasteiger partial charge in [0.25, 0.3) is 0 Å². The van der Waals surface area contributed by atoms with E-state index in [0.29, 0.717) is 0 Å². The number of hydrogen-bond donors (Lipinski definition) is 0. The third-order valence-electron chi connectivity index (χ3n) is 10.4. The Hall–Kier alpha value is -2.22. The summed E-state index contributed by atoms with van der Waals surface area (Å²) in [5.41, 5.74) is 4.35. The van der Waals surface area contributed by atoms with Crippen LogP contribution in [0.2, 0.25) is 18.1 Å². The number of nitrogens with zero attached hydrogens (tertiary/aromatic N) is 2. The van der Waals surface area contributed by atoms with Gasteiger partial charge in [0.2, 0.25) is 0 Å². The Kier molecular flexibility index (Phi) is 13.4. The minimum atomic E-state index is -1.62. The first-order valence-corrected chi connectivity index (χ1v) is 25.3. The van der Waals surface area contributed by atoms with E-state index in [9.17, 15) is 5.26 Å². The molecule has 5 aromatic rings. The van der Waals surface area contributed by atoms with Gasteiger partial charge in [0.1, 0.15) is 0 Å². The number of nitriles is 1. The molecule has 0 amide bonds. The molecule has 0 saturated heterocycles. The maximum absolute atomic E-state index is 9.95. The van der Waals surface area contributed by atoms with Crippen molar-refractivity contribution in [3.8, 4) is 16.5 Å². The minimum absolute atomic E-state index is 0.274. The average Bonchev–Trinajstić information content (AvgIpc) is 3.85. The van der Waals surface area contributed by atoms with E-state index in [1.165, 1.54) is 104 Å². The zero-order chi connectivity index (χ0) is 35.0. The van der Waals surface area contributed by atoms with Crippen LogP contribution in [0.5, 0.6) is 0 Å². The van der Waals surface area contributed by atoms with Gasteiger partial charge in [-0.3, -0.25) is 0 Å². The molecule has 0 atom stereocenters. The van der Waals surface area contributed by atoms with Crippen LogP contribution in [-0.2, 0) is 19.3 Å². The van der Waals surface area contributed by atoms with Gasteiger partial charge < -0.3 is 6.57 Å². The van der Waals surface area contributed by atoms with Crippen molar-refractivity contribution in [2.45, 2.75) is 129 Å². The normalized spacial score (nSPS) is 12.1. The van der Waals surface area contributed by atoms with Gasteiger partial charge in [-0.1, -0.05) is 89.0 Å². The molecule has 0 aliphatic heterocycles. The third-order valence-corrected chi connectivity index (χ3v) is 24.7. The number of thiophene rings is 3. The number of aryl methyl sites for hydroxylation is 1. The number of benzene rings is 1. The monoisotopic (exact) mass is 788 g/mol. The summed E-state index contributed by atoms with van der Waals surface area (Å²) in [6.45, 7) is 22.2. The van der Waals surface area contributed by atoms with Crippen LogP contribution >= 0.6 is 34.0 Å². The predicted molar refractivity (Wildman–Crippen MR) is 222 cm³/mol. The van der Waals surface area contributed by atoms with E-state index in [2.05, 4.69) is 100 Å². The van der Waals surface area contributed by atoms with Gasteiger partial charge in [0.05, 0.1) is 0 Å². The van der Waals surface area contributed by atoms with Crippen molar-refractivity contribution in [3.63, 3.8) is 0 Å². The summed E-state index contributed by atoms with van der Waals surface area (Å²) < 4.78 is 5.59. The number of unbranched alkanes of at least 4 members (excludes halogenated alkanes) is 9. The Morgan fingerprint density at radius 2 is 1.39 bits per heavy atom. The SMILES string of the molecule is [C-]#[N+]c1cc(-c2ccc(CCCCCCCCCCCC)cc2)sc1Cc1cc2sc(Cc3[se]c([Si](C)(C)C(C)(C)C)cc3C#N)cc2s1. The summed E-state index contributed by atoms with van der Waals surface area (Å²) in [6, 6.07) is 20.6. The van der Waals surface area contributed by atoms with E-state index in [1.807, 2.05) is 22.7 Å². The van der Waals surface area contributed by atoms with E-state index in [-0.39, 0.29) is 19.5 Å². The van der Waals surface area contributed by atoms with Gasteiger partial charge in [0.15, 0.2) is 0 Å². The molecule has 4 heterocycles. The summed E-state index contributed by atoms with van der Waals surface area (Å²) in [5.74, 6) is 0. The van der Waals surface area contributed by atoms with Crippen LogP contribution in [0.25, 0.3) is 24.7 Å². The molecule has 0 radical (unpaired) electrons. The second-order valence-electron chi connectivity index (χ2n) is 15.1. The van der Waals surface area contributed by atoms with Crippen molar-refractivity contribution < 1.29 is 0 Å². The molecule has 0 aliphatic rings. The van der Waals surface area contributed by atoms with Gasteiger partial charge >= 0.3 is 203 Å². The molecular formula is C42H52N2S3SeSi. The summed E-state index contributed by atoms with van der Waals surface area (Å²) in [7, 11) is -1.62. The van der Waals surface area contributed by atoms with Gasteiger partial charge in [0, 0.05) is 0 Å². The van der Waals surface area contributed by atoms with Crippen LogP contribution in [0.1, 0.15) is 122 Å². The maximum atomic E-state index is 9.95. The second kappa shape index (κ2) is 17.3. The van der Waals surface area contributed by atoms with E-state index >= 15 is 0 Å². The molecule has 258 valence electrons. The van der Waals surface area contributed by atoms with Gasteiger partial charge in [-0.15, -0.1) is 0 Å². The Bertz CT molecular complexity index is 1870. The van der Waals surface area contributed by atoms with Gasteiger partial charge in [-0.25, -0.2) is 0 Å². The summed E-state index contributed by atoms with van der Waals surface area (Å²) in [4.78, 5) is 8.96.